The molecular weight excluding hydrogens is 234 g/mol. The summed E-state index contributed by atoms with van der Waals surface area (Å²) in [6.07, 6.45) is 5.43. The predicted molar refractivity (Wildman–Crippen MR) is 65.2 cm³/mol. The van der Waals surface area contributed by atoms with Gasteiger partial charge in [-0.05, 0) is 32.1 Å². The molecule has 2 rings (SSSR count). The third-order valence-electron chi connectivity index (χ3n) is 4.05. The van der Waals surface area contributed by atoms with E-state index in [9.17, 15) is 9.59 Å². The van der Waals surface area contributed by atoms with Crippen LogP contribution in [-0.2, 0) is 14.3 Å². The van der Waals surface area contributed by atoms with Crippen molar-refractivity contribution in [2.75, 3.05) is 13.7 Å². The molecule has 0 atom stereocenters. The third-order valence-corrected chi connectivity index (χ3v) is 4.05. The molecule has 18 heavy (non-hydrogen) atoms. The van der Waals surface area contributed by atoms with Gasteiger partial charge in [-0.2, -0.15) is 0 Å². The van der Waals surface area contributed by atoms with Crippen LogP contribution in [0, 0.1) is 0 Å². The molecule has 0 heterocycles. The summed E-state index contributed by atoms with van der Waals surface area (Å²) in [5.41, 5.74) is -0.270. The van der Waals surface area contributed by atoms with Crippen LogP contribution < -0.4 is 0 Å². The number of rotatable bonds is 7. The van der Waals surface area contributed by atoms with Crippen molar-refractivity contribution in [2.24, 2.45) is 0 Å². The Labute approximate surface area is 107 Å². The van der Waals surface area contributed by atoms with E-state index in [2.05, 4.69) is 0 Å². The van der Waals surface area contributed by atoms with Gasteiger partial charge in [0.05, 0.1) is 18.4 Å². The van der Waals surface area contributed by atoms with Crippen LogP contribution in [0.4, 0.5) is 0 Å². The van der Waals surface area contributed by atoms with Gasteiger partial charge in [-0.3, -0.25) is 9.59 Å². The van der Waals surface area contributed by atoms with Gasteiger partial charge in [-0.25, -0.2) is 0 Å². The largest absolute Gasteiger partial charge is 0.481 e. The Hall–Kier alpha value is -1.10. The second-order valence-corrected chi connectivity index (χ2v) is 5.38. The molecule has 0 aromatic carbocycles. The number of methoxy groups -OCH3 is 1. The molecule has 2 aliphatic carbocycles. The molecule has 0 saturated heterocycles. The van der Waals surface area contributed by atoms with Crippen LogP contribution in [0.15, 0.2) is 0 Å². The molecule has 102 valence electrons. The number of carbonyl (C=O) groups is 2. The first-order valence-electron chi connectivity index (χ1n) is 6.63. The van der Waals surface area contributed by atoms with E-state index >= 15 is 0 Å². The Balaban J connectivity index is 1.89. The highest BCUT2D eigenvalue weighted by Gasteiger charge is 2.42. The predicted octanol–water partition coefficient (Wildman–Crippen LogP) is 1.41. The highest BCUT2D eigenvalue weighted by molar-refractivity contribution is 5.79. The van der Waals surface area contributed by atoms with Gasteiger partial charge in [-0.15, -0.1) is 0 Å². The molecule has 0 aromatic rings. The number of carbonyl (C=O) groups excluding carboxylic acids is 1. The normalized spacial score (nSPS) is 21.2. The highest BCUT2D eigenvalue weighted by atomic mass is 16.5. The van der Waals surface area contributed by atoms with Crippen LogP contribution >= 0.6 is 0 Å². The van der Waals surface area contributed by atoms with Gasteiger partial charge in [0.25, 0.3) is 0 Å². The molecule has 1 N–H and O–H groups in total. The molecule has 0 bridgehead atoms. The van der Waals surface area contributed by atoms with Gasteiger partial charge in [0.15, 0.2) is 0 Å². The summed E-state index contributed by atoms with van der Waals surface area (Å²) in [5, 5.41) is 8.72. The molecule has 0 spiro atoms. The molecule has 5 nitrogen and oxygen atoms in total. The lowest BCUT2D eigenvalue weighted by Crippen LogP contribution is -2.46. The molecule has 2 aliphatic rings. The number of nitrogens with zero attached hydrogens (tertiary/aromatic N) is 1. The summed E-state index contributed by atoms with van der Waals surface area (Å²) in [6.45, 7) is 0.332. The van der Waals surface area contributed by atoms with Gasteiger partial charge in [0.2, 0.25) is 5.91 Å². The van der Waals surface area contributed by atoms with Crippen molar-refractivity contribution in [3.63, 3.8) is 0 Å². The van der Waals surface area contributed by atoms with Crippen molar-refractivity contribution in [2.45, 2.75) is 56.6 Å². The molecule has 2 saturated carbocycles. The molecule has 0 unspecified atom stereocenters. The lowest BCUT2D eigenvalue weighted by atomic mass is 9.77. The minimum atomic E-state index is -0.849. The van der Waals surface area contributed by atoms with Crippen molar-refractivity contribution in [3.8, 4) is 0 Å². The molecule has 2 fully saturated rings. The fraction of sp³-hybridized carbons (Fsp3) is 0.846. The van der Waals surface area contributed by atoms with Crippen LogP contribution in [0.5, 0.6) is 0 Å². The summed E-state index contributed by atoms with van der Waals surface area (Å²) in [7, 11) is 1.66. The summed E-state index contributed by atoms with van der Waals surface area (Å²) < 4.78 is 5.46. The van der Waals surface area contributed by atoms with Crippen LogP contribution in [0.25, 0.3) is 0 Å². The topological polar surface area (TPSA) is 66.8 Å². The molecule has 0 radical (unpaired) electrons. The quantitative estimate of drug-likeness (QED) is 0.747. The number of carboxylic acid groups (broad SMARTS) is 1. The Morgan fingerprint density at radius 2 is 2.06 bits per heavy atom. The van der Waals surface area contributed by atoms with Crippen LogP contribution in [0.2, 0.25) is 0 Å². The zero-order valence-electron chi connectivity index (χ0n) is 10.9. The SMILES string of the molecule is COC1(CC(=O)N(CCC(=O)O)C2CC2)CCC1. The van der Waals surface area contributed by atoms with Gasteiger partial charge >= 0.3 is 5.97 Å². The monoisotopic (exact) mass is 255 g/mol. The Morgan fingerprint density at radius 1 is 1.39 bits per heavy atom. The first-order valence-corrected chi connectivity index (χ1v) is 6.63. The van der Waals surface area contributed by atoms with E-state index in [1.54, 1.807) is 12.0 Å². The van der Waals surface area contributed by atoms with E-state index < -0.39 is 5.97 Å². The average molecular weight is 255 g/mol. The van der Waals surface area contributed by atoms with Crippen molar-refractivity contribution in [3.05, 3.63) is 0 Å². The number of hydrogen-bond donors (Lipinski definition) is 1. The van der Waals surface area contributed by atoms with Crippen molar-refractivity contribution < 1.29 is 19.4 Å². The van der Waals surface area contributed by atoms with E-state index in [-0.39, 0.29) is 24.0 Å². The second-order valence-electron chi connectivity index (χ2n) is 5.38. The maximum absolute atomic E-state index is 12.3. The maximum Gasteiger partial charge on any atom is 0.305 e. The van der Waals surface area contributed by atoms with Crippen LogP contribution in [0.1, 0.15) is 44.9 Å². The van der Waals surface area contributed by atoms with Gasteiger partial charge in [0, 0.05) is 19.7 Å². The first-order chi connectivity index (χ1) is 8.56. The van der Waals surface area contributed by atoms with Crippen molar-refractivity contribution >= 4 is 11.9 Å². The number of ether oxygens (including phenoxy) is 1. The van der Waals surface area contributed by atoms with E-state index in [0.29, 0.717) is 13.0 Å². The molecule has 1 amide bonds. The minimum absolute atomic E-state index is 0.0300. The molecular formula is C13H21NO4. The zero-order chi connectivity index (χ0) is 13.2. The summed E-state index contributed by atoms with van der Waals surface area (Å²) in [4.78, 5) is 24.6. The lowest BCUT2D eigenvalue weighted by Gasteiger charge is -2.41. The number of amides is 1. The Morgan fingerprint density at radius 3 is 2.44 bits per heavy atom. The van der Waals surface area contributed by atoms with E-state index in [1.165, 1.54) is 0 Å². The number of hydrogen-bond acceptors (Lipinski definition) is 3. The van der Waals surface area contributed by atoms with Crippen LogP contribution in [0.3, 0.4) is 0 Å². The minimum Gasteiger partial charge on any atom is -0.481 e. The average Bonchev–Trinajstić information content (AvgIpc) is 3.07. The standard InChI is InChI=1S/C13H21NO4/c1-18-13(6-2-7-13)9-11(15)14(10-3-4-10)8-5-12(16)17/h10H,2-9H2,1H3,(H,16,17). The molecule has 5 heteroatoms. The smallest absolute Gasteiger partial charge is 0.305 e. The van der Waals surface area contributed by atoms with Gasteiger partial charge in [-0.1, -0.05) is 0 Å². The maximum atomic E-state index is 12.3. The first kappa shape index (κ1) is 13.3. The van der Waals surface area contributed by atoms with Crippen molar-refractivity contribution in [1.82, 2.24) is 4.90 Å². The van der Waals surface area contributed by atoms with E-state index in [4.69, 9.17) is 9.84 Å². The Kier molecular flexibility index (Phi) is 3.90. The van der Waals surface area contributed by atoms with Gasteiger partial charge in [0.1, 0.15) is 0 Å². The molecule has 0 aromatic heterocycles. The second kappa shape index (κ2) is 5.26. The van der Waals surface area contributed by atoms with Crippen molar-refractivity contribution in [1.29, 1.82) is 0 Å². The summed E-state index contributed by atoms with van der Waals surface area (Å²) in [5.74, 6) is -0.793. The summed E-state index contributed by atoms with van der Waals surface area (Å²) in [6, 6.07) is 0.269. The van der Waals surface area contributed by atoms with Crippen LogP contribution in [-0.4, -0.2) is 47.2 Å². The Bertz CT molecular complexity index is 328. The molecule has 0 aliphatic heterocycles. The fourth-order valence-corrected chi connectivity index (χ4v) is 2.51. The van der Waals surface area contributed by atoms with Gasteiger partial charge < -0.3 is 14.7 Å². The zero-order valence-corrected chi connectivity index (χ0v) is 10.9. The number of aliphatic carboxylic acids is 1. The number of carboxylic acids is 1. The highest BCUT2D eigenvalue weighted by Crippen LogP contribution is 2.39. The van der Waals surface area contributed by atoms with E-state index in [1.807, 2.05) is 0 Å². The summed E-state index contributed by atoms with van der Waals surface area (Å²) >= 11 is 0. The lowest BCUT2D eigenvalue weighted by molar-refractivity contribution is -0.145. The fourth-order valence-electron chi connectivity index (χ4n) is 2.51. The van der Waals surface area contributed by atoms with E-state index in [0.717, 1.165) is 32.1 Å². The third kappa shape index (κ3) is 3.02.